The molecular formula is C14H22N2OS. The summed E-state index contributed by atoms with van der Waals surface area (Å²) in [5.41, 5.74) is 1.17. The van der Waals surface area contributed by atoms with Gasteiger partial charge in [-0.1, -0.05) is 0 Å². The molecule has 2 fully saturated rings. The van der Waals surface area contributed by atoms with Gasteiger partial charge in [0.05, 0.1) is 23.9 Å². The molecule has 0 spiro atoms. The van der Waals surface area contributed by atoms with Crippen LogP contribution in [0, 0.1) is 13.8 Å². The predicted molar refractivity (Wildman–Crippen MR) is 74.1 cm³/mol. The lowest BCUT2D eigenvalue weighted by Crippen LogP contribution is -2.33. The molecule has 0 bridgehead atoms. The summed E-state index contributed by atoms with van der Waals surface area (Å²) in [6, 6.07) is 0.999. The van der Waals surface area contributed by atoms with Crippen LogP contribution in [0.5, 0.6) is 0 Å². The number of thiazole rings is 1. The highest BCUT2D eigenvalue weighted by Crippen LogP contribution is 2.35. The molecule has 1 saturated carbocycles. The molecular weight excluding hydrogens is 244 g/mol. The van der Waals surface area contributed by atoms with Gasteiger partial charge >= 0.3 is 0 Å². The number of nitrogens with one attached hydrogen (secondary N) is 1. The zero-order chi connectivity index (χ0) is 12.7. The molecule has 1 N–H and O–H groups in total. The third-order valence-corrected chi connectivity index (χ3v) is 5.10. The molecule has 18 heavy (non-hydrogen) atoms. The Labute approximate surface area is 113 Å². The van der Waals surface area contributed by atoms with Crippen molar-refractivity contribution in [1.82, 2.24) is 10.3 Å². The fourth-order valence-corrected chi connectivity index (χ4v) is 3.59. The zero-order valence-corrected chi connectivity index (χ0v) is 12.2. The molecule has 3 unspecified atom stereocenters. The molecule has 0 aromatic carbocycles. The lowest BCUT2D eigenvalue weighted by molar-refractivity contribution is 0.0310. The monoisotopic (exact) mass is 266 g/mol. The van der Waals surface area contributed by atoms with Gasteiger partial charge in [-0.25, -0.2) is 4.98 Å². The second-order valence-electron chi connectivity index (χ2n) is 5.67. The molecule has 0 radical (unpaired) electrons. The second kappa shape index (κ2) is 4.91. The Balaban J connectivity index is 1.79. The summed E-state index contributed by atoms with van der Waals surface area (Å²) in [6.07, 6.45) is 5.66. The van der Waals surface area contributed by atoms with Crippen LogP contribution in [0.3, 0.4) is 0 Å². The lowest BCUT2D eigenvalue weighted by Gasteiger charge is -2.23. The highest BCUT2D eigenvalue weighted by molar-refractivity contribution is 7.11. The summed E-state index contributed by atoms with van der Waals surface area (Å²) in [5, 5.41) is 4.95. The summed E-state index contributed by atoms with van der Waals surface area (Å²) >= 11 is 1.83. The zero-order valence-electron chi connectivity index (χ0n) is 11.4. The van der Waals surface area contributed by atoms with Crippen molar-refractivity contribution in [3.8, 4) is 0 Å². The Hall–Kier alpha value is -0.450. The molecule has 1 aliphatic heterocycles. The first-order valence-corrected chi connectivity index (χ1v) is 7.80. The van der Waals surface area contributed by atoms with E-state index >= 15 is 0 Å². The Kier molecular flexibility index (Phi) is 3.43. The normalized spacial score (nSPS) is 29.7. The number of hydrogen-bond acceptors (Lipinski definition) is 4. The highest BCUT2D eigenvalue weighted by Gasteiger charge is 2.36. The van der Waals surface area contributed by atoms with E-state index in [1.807, 2.05) is 11.3 Å². The third kappa shape index (κ3) is 2.60. The molecule has 3 nitrogen and oxygen atoms in total. The Morgan fingerprint density at radius 3 is 2.56 bits per heavy atom. The van der Waals surface area contributed by atoms with Crippen molar-refractivity contribution >= 4 is 11.3 Å². The summed E-state index contributed by atoms with van der Waals surface area (Å²) < 4.78 is 6.06. The van der Waals surface area contributed by atoms with Crippen LogP contribution >= 0.6 is 11.3 Å². The Bertz CT molecular complexity index is 408. The molecule has 1 aromatic heterocycles. The van der Waals surface area contributed by atoms with Crippen molar-refractivity contribution < 1.29 is 4.74 Å². The van der Waals surface area contributed by atoms with E-state index < -0.39 is 0 Å². The average molecular weight is 266 g/mol. The quantitative estimate of drug-likeness (QED) is 0.909. The number of rotatable bonds is 4. The molecule has 1 saturated heterocycles. The van der Waals surface area contributed by atoms with E-state index in [4.69, 9.17) is 9.72 Å². The van der Waals surface area contributed by atoms with Crippen molar-refractivity contribution in [3.05, 3.63) is 15.6 Å². The van der Waals surface area contributed by atoms with Crippen LogP contribution in [0.25, 0.3) is 0 Å². The van der Waals surface area contributed by atoms with E-state index in [0.717, 1.165) is 6.42 Å². The number of aryl methyl sites for hydroxylation is 2. The van der Waals surface area contributed by atoms with E-state index in [1.165, 1.54) is 34.8 Å². The minimum absolute atomic E-state index is 0.305. The van der Waals surface area contributed by atoms with Gasteiger partial charge in [-0.2, -0.15) is 0 Å². The van der Waals surface area contributed by atoms with Gasteiger partial charge in [0, 0.05) is 10.9 Å². The van der Waals surface area contributed by atoms with Crippen LogP contribution in [0.4, 0.5) is 0 Å². The van der Waals surface area contributed by atoms with Gasteiger partial charge in [-0.05, 0) is 46.5 Å². The van der Waals surface area contributed by atoms with E-state index in [2.05, 4.69) is 26.1 Å². The molecule has 100 valence electrons. The predicted octanol–water partition coefficient (Wildman–Crippen LogP) is 3.12. The van der Waals surface area contributed by atoms with Gasteiger partial charge in [-0.3, -0.25) is 0 Å². The first-order valence-electron chi connectivity index (χ1n) is 6.99. The van der Waals surface area contributed by atoms with Crippen LogP contribution in [-0.2, 0) is 4.74 Å². The Morgan fingerprint density at radius 1 is 1.28 bits per heavy atom. The fraction of sp³-hybridized carbons (Fsp3) is 0.786. The van der Waals surface area contributed by atoms with Crippen molar-refractivity contribution in [1.29, 1.82) is 0 Å². The molecule has 1 aromatic rings. The summed E-state index contributed by atoms with van der Waals surface area (Å²) in [7, 11) is 0. The lowest BCUT2D eigenvalue weighted by atomic mass is 10.1. The van der Waals surface area contributed by atoms with E-state index in [0.29, 0.717) is 24.3 Å². The van der Waals surface area contributed by atoms with E-state index in [9.17, 15) is 0 Å². The third-order valence-electron chi connectivity index (χ3n) is 3.94. The fourth-order valence-electron chi connectivity index (χ4n) is 2.55. The smallest absolute Gasteiger partial charge is 0.113 e. The van der Waals surface area contributed by atoms with Crippen LogP contribution < -0.4 is 5.32 Å². The molecule has 0 amide bonds. The van der Waals surface area contributed by atoms with E-state index in [-0.39, 0.29) is 0 Å². The maximum atomic E-state index is 6.06. The van der Waals surface area contributed by atoms with Gasteiger partial charge in [0.1, 0.15) is 5.01 Å². The van der Waals surface area contributed by atoms with Gasteiger partial charge in [0.15, 0.2) is 0 Å². The van der Waals surface area contributed by atoms with Crippen molar-refractivity contribution in [3.63, 3.8) is 0 Å². The SMILES string of the molecule is Cc1nc(C(NC2CC2)C2CCC(C)O2)sc1C. The van der Waals surface area contributed by atoms with Gasteiger partial charge in [0.2, 0.25) is 0 Å². The minimum Gasteiger partial charge on any atom is -0.373 e. The summed E-state index contributed by atoms with van der Waals surface area (Å²) in [5.74, 6) is 0. The highest BCUT2D eigenvalue weighted by atomic mass is 32.1. The van der Waals surface area contributed by atoms with Crippen LogP contribution in [0.15, 0.2) is 0 Å². The van der Waals surface area contributed by atoms with Crippen molar-refractivity contribution in [2.24, 2.45) is 0 Å². The number of aromatic nitrogens is 1. The van der Waals surface area contributed by atoms with Crippen molar-refractivity contribution in [2.45, 2.75) is 70.7 Å². The number of hydrogen-bond donors (Lipinski definition) is 1. The van der Waals surface area contributed by atoms with Gasteiger partial charge < -0.3 is 10.1 Å². The first kappa shape index (κ1) is 12.6. The van der Waals surface area contributed by atoms with E-state index in [1.54, 1.807) is 0 Å². The number of ether oxygens (including phenoxy) is 1. The maximum Gasteiger partial charge on any atom is 0.113 e. The molecule has 3 rings (SSSR count). The van der Waals surface area contributed by atoms with Gasteiger partial charge in [0.25, 0.3) is 0 Å². The molecule has 3 atom stereocenters. The topological polar surface area (TPSA) is 34.2 Å². The summed E-state index contributed by atoms with van der Waals surface area (Å²) in [6.45, 7) is 6.43. The molecule has 4 heteroatoms. The van der Waals surface area contributed by atoms with Crippen molar-refractivity contribution in [2.75, 3.05) is 0 Å². The second-order valence-corrected chi connectivity index (χ2v) is 6.91. The minimum atomic E-state index is 0.305. The van der Waals surface area contributed by atoms with Crippen LogP contribution in [-0.4, -0.2) is 23.2 Å². The Morgan fingerprint density at radius 2 is 2.06 bits per heavy atom. The van der Waals surface area contributed by atoms with Gasteiger partial charge in [-0.15, -0.1) is 11.3 Å². The summed E-state index contributed by atoms with van der Waals surface area (Å²) in [4.78, 5) is 6.07. The molecule has 2 aliphatic rings. The maximum absolute atomic E-state index is 6.06. The van der Waals surface area contributed by atoms with Crippen LogP contribution in [0.1, 0.15) is 54.2 Å². The average Bonchev–Trinajstić information content (AvgIpc) is 2.96. The molecule has 1 aliphatic carbocycles. The molecule has 2 heterocycles. The van der Waals surface area contributed by atoms with Crippen LogP contribution in [0.2, 0.25) is 0 Å². The number of nitrogens with zero attached hydrogens (tertiary/aromatic N) is 1. The standard InChI is InChI=1S/C14H22N2OS/c1-8-4-7-12(17-8)13(16-11-5-6-11)14-15-9(2)10(3)18-14/h8,11-13,16H,4-7H2,1-3H3. The first-order chi connectivity index (χ1) is 8.63. The largest absolute Gasteiger partial charge is 0.373 e.